The Bertz CT molecular complexity index is 467. The zero-order valence-corrected chi connectivity index (χ0v) is 10.1. The Balaban J connectivity index is 2.14. The first kappa shape index (κ1) is 14.4. The number of aryl methyl sites for hydroxylation is 1. The Morgan fingerprint density at radius 2 is 2.11 bits per heavy atom. The van der Waals surface area contributed by atoms with Gasteiger partial charge in [-0.3, -0.25) is 10.1 Å². The molecule has 19 heavy (non-hydrogen) atoms. The maximum absolute atomic E-state index is 11.2. The minimum Gasteiger partial charge on any atom is -0.478 e. The van der Waals surface area contributed by atoms with Crippen LogP contribution in [0.3, 0.4) is 0 Å². The molecule has 3 amide bonds. The molecule has 0 fully saturated rings. The van der Waals surface area contributed by atoms with Crippen LogP contribution < -0.4 is 10.6 Å². The molecule has 0 saturated heterocycles. The molecule has 0 spiro atoms. The molecule has 0 saturated carbocycles. The van der Waals surface area contributed by atoms with E-state index < -0.39 is 17.9 Å². The first-order valence-electron chi connectivity index (χ1n) is 5.53. The van der Waals surface area contributed by atoms with Gasteiger partial charge >= 0.3 is 12.0 Å². The summed E-state index contributed by atoms with van der Waals surface area (Å²) in [5, 5.41) is 12.7. The highest BCUT2D eigenvalue weighted by Gasteiger charge is 2.03. The van der Waals surface area contributed by atoms with E-state index in [0.29, 0.717) is 25.6 Å². The topological polar surface area (TPSA) is 113 Å². The summed E-state index contributed by atoms with van der Waals surface area (Å²) in [5.74, 6) is -2.04. The summed E-state index contributed by atoms with van der Waals surface area (Å²) in [7, 11) is 0. The number of rotatable bonds is 6. The smallest absolute Gasteiger partial charge is 0.328 e. The van der Waals surface area contributed by atoms with Crippen molar-refractivity contribution >= 4 is 17.9 Å². The number of nitrogens with zero attached hydrogens (tertiary/aromatic N) is 2. The van der Waals surface area contributed by atoms with Crippen molar-refractivity contribution in [2.75, 3.05) is 6.54 Å². The maximum atomic E-state index is 11.2. The molecule has 1 aromatic rings. The van der Waals surface area contributed by atoms with Crippen LogP contribution in [-0.4, -0.2) is 39.1 Å². The molecule has 1 aromatic heterocycles. The van der Waals surface area contributed by atoms with Gasteiger partial charge in [0, 0.05) is 37.6 Å². The van der Waals surface area contributed by atoms with Gasteiger partial charge in [0.05, 0.1) is 6.33 Å². The van der Waals surface area contributed by atoms with Crippen molar-refractivity contribution in [1.29, 1.82) is 0 Å². The minimum absolute atomic E-state index is 0.389. The van der Waals surface area contributed by atoms with Crippen molar-refractivity contribution in [1.82, 2.24) is 20.2 Å². The summed E-state index contributed by atoms with van der Waals surface area (Å²) in [6, 6.07) is -0.661. The highest BCUT2D eigenvalue weighted by molar-refractivity contribution is 6.02. The van der Waals surface area contributed by atoms with E-state index in [9.17, 15) is 14.4 Å². The number of imide groups is 1. The van der Waals surface area contributed by atoms with Crippen LogP contribution in [0.5, 0.6) is 0 Å². The number of aliphatic carboxylic acids is 1. The van der Waals surface area contributed by atoms with E-state index in [1.165, 1.54) is 0 Å². The minimum atomic E-state index is -1.25. The quantitative estimate of drug-likeness (QED) is 0.485. The predicted molar refractivity (Wildman–Crippen MR) is 65.2 cm³/mol. The van der Waals surface area contributed by atoms with Gasteiger partial charge < -0.3 is 15.0 Å². The van der Waals surface area contributed by atoms with Crippen molar-refractivity contribution in [3.8, 4) is 0 Å². The lowest BCUT2D eigenvalue weighted by Crippen LogP contribution is -2.39. The van der Waals surface area contributed by atoms with Crippen LogP contribution in [0.1, 0.15) is 6.42 Å². The van der Waals surface area contributed by atoms with E-state index in [-0.39, 0.29) is 0 Å². The Labute approximate surface area is 109 Å². The Morgan fingerprint density at radius 1 is 1.32 bits per heavy atom. The molecule has 3 N–H and O–H groups in total. The number of imidazole rings is 1. The number of aromatic nitrogens is 2. The molecule has 8 heteroatoms. The molecule has 102 valence electrons. The normalized spacial score (nSPS) is 10.3. The average molecular weight is 266 g/mol. The van der Waals surface area contributed by atoms with E-state index in [1.807, 2.05) is 9.88 Å². The number of carbonyl (C=O) groups excluding carboxylic acids is 2. The number of urea groups is 1. The van der Waals surface area contributed by atoms with Gasteiger partial charge in [-0.05, 0) is 6.42 Å². The fraction of sp³-hybridized carbons (Fsp3) is 0.273. The fourth-order valence-corrected chi connectivity index (χ4v) is 1.23. The number of hydrogen-bond acceptors (Lipinski definition) is 4. The number of carboxylic acid groups (broad SMARTS) is 1. The summed E-state index contributed by atoms with van der Waals surface area (Å²) in [6.07, 6.45) is 7.24. The van der Waals surface area contributed by atoms with E-state index in [0.717, 1.165) is 6.08 Å². The molecular formula is C11H14N4O4. The second-order valence-electron chi connectivity index (χ2n) is 3.57. The van der Waals surface area contributed by atoms with Crippen molar-refractivity contribution in [3.05, 3.63) is 30.9 Å². The lowest BCUT2D eigenvalue weighted by molar-refractivity contribution is -0.131. The van der Waals surface area contributed by atoms with Gasteiger partial charge in [-0.1, -0.05) is 0 Å². The number of nitrogens with one attached hydrogen (secondary N) is 2. The third-order valence-electron chi connectivity index (χ3n) is 2.05. The van der Waals surface area contributed by atoms with Crippen molar-refractivity contribution in [3.63, 3.8) is 0 Å². The SMILES string of the molecule is O=C(O)/C=C/C(=O)NC(=O)NCCCn1ccnc1. The van der Waals surface area contributed by atoms with Gasteiger partial charge in [0.2, 0.25) is 0 Å². The van der Waals surface area contributed by atoms with Crippen LogP contribution in [0.2, 0.25) is 0 Å². The molecule has 0 aromatic carbocycles. The van der Waals surface area contributed by atoms with Gasteiger partial charge in [-0.2, -0.15) is 0 Å². The summed E-state index contributed by atoms with van der Waals surface area (Å²) in [5.41, 5.74) is 0. The Morgan fingerprint density at radius 3 is 2.74 bits per heavy atom. The highest BCUT2D eigenvalue weighted by Crippen LogP contribution is 1.88. The lowest BCUT2D eigenvalue weighted by atomic mass is 10.4. The van der Waals surface area contributed by atoms with Crippen molar-refractivity contribution < 1.29 is 19.5 Å². The van der Waals surface area contributed by atoms with E-state index in [4.69, 9.17) is 5.11 Å². The molecule has 0 atom stereocenters. The number of hydrogen-bond donors (Lipinski definition) is 3. The Hall–Kier alpha value is -2.64. The monoisotopic (exact) mass is 266 g/mol. The van der Waals surface area contributed by atoms with Crippen LogP contribution in [0.15, 0.2) is 30.9 Å². The molecule has 1 rings (SSSR count). The first-order chi connectivity index (χ1) is 9.08. The third kappa shape index (κ3) is 6.61. The van der Waals surface area contributed by atoms with Crippen LogP contribution >= 0.6 is 0 Å². The zero-order valence-electron chi connectivity index (χ0n) is 10.1. The molecule has 0 aliphatic rings. The van der Waals surface area contributed by atoms with Gasteiger partial charge in [0.15, 0.2) is 0 Å². The molecule has 0 bridgehead atoms. The van der Waals surface area contributed by atoms with Gasteiger partial charge in [0.25, 0.3) is 5.91 Å². The maximum Gasteiger partial charge on any atom is 0.328 e. The average Bonchev–Trinajstić information content (AvgIpc) is 2.85. The molecule has 1 heterocycles. The molecule has 0 aliphatic carbocycles. The highest BCUT2D eigenvalue weighted by atomic mass is 16.4. The van der Waals surface area contributed by atoms with Crippen LogP contribution in [0.25, 0.3) is 0 Å². The second-order valence-corrected chi connectivity index (χ2v) is 3.57. The summed E-state index contributed by atoms with van der Waals surface area (Å²) >= 11 is 0. The second kappa shape index (κ2) is 7.64. The number of carboxylic acids is 1. The number of amides is 3. The van der Waals surface area contributed by atoms with E-state index in [1.54, 1.807) is 18.7 Å². The number of carbonyl (C=O) groups is 3. The zero-order chi connectivity index (χ0) is 14.1. The van der Waals surface area contributed by atoms with Gasteiger partial charge in [-0.15, -0.1) is 0 Å². The predicted octanol–water partition coefficient (Wildman–Crippen LogP) is -0.260. The summed E-state index contributed by atoms with van der Waals surface area (Å²) < 4.78 is 1.86. The molecule has 8 nitrogen and oxygen atoms in total. The summed E-state index contributed by atoms with van der Waals surface area (Å²) in [4.78, 5) is 36.3. The van der Waals surface area contributed by atoms with Gasteiger partial charge in [0.1, 0.15) is 0 Å². The standard InChI is InChI=1S/C11H14N4O4/c16-9(2-3-10(17)18)14-11(19)13-4-1-6-15-7-5-12-8-15/h2-3,5,7-8H,1,4,6H2,(H,17,18)(H2,13,14,16,19)/b3-2+. The first-order valence-corrected chi connectivity index (χ1v) is 5.53. The molecule has 0 aliphatic heterocycles. The molecule has 0 radical (unpaired) electrons. The van der Waals surface area contributed by atoms with Crippen molar-refractivity contribution in [2.45, 2.75) is 13.0 Å². The molecular weight excluding hydrogens is 252 g/mol. The van der Waals surface area contributed by atoms with Crippen LogP contribution in [-0.2, 0) is 16.1 Å². The van der Waals surface area contributed by atoms with Crippen LogP contribution in [0.4, 0.5) is 4.79 Å². The van der Waals surface area contributed by atoms with E-state index >= 15 is 0 Å². The fourth-order valence-electron chi connectivity index (χ4n) is 1.23. The van der Waals surface area contributed by atoms with Gasteiger partial charge in [-0.25, -0.2) is 14.6 Å². The largest absolute Gasteiger partial charge is 0.478 e. The summed E-state index contributed by atoms with van der Waals surface area (Å²) in [6.45, 7) is 1.09. The van der Waals surface area contributed by atoms with Crippen molar-refractivity contribution in [2.24, 2.45) is 0 Å². The van der Waals surface area contributed by atoms with E-state index in [2.05, 4.69) is 10.3 Å². The molecule has 0 unspecified atom stereocenters. The van der Waals surface area contributed by atoms with Crippen LogP contribution in [0, 0.1) is 0 Å². The lowest BCUT2D eigenvalue weighted by Gasteiger charge is -2.05. The third-order valence-corrected chi connectivity index (χ3v) is 2.05. The Kier molecular flexibility index (Phi) is 5.80.